The molecular formula is C51H97O4P. The summed E-state index contributed by atoms with van der Waals surface area (Å²) in [6.45, 7) is 18.4. The van der Waals surface area contributed by atoms with Gasteiger partial charge in [0, 0.05) is 5.56 Å². The van der Waals surface area contributed by atoms with E-state index in [4.69, 9.17) is 9.05 Å². The highest BCUT2D eigenvalue weighted by atomic mass is 31.2. The van der Waals surface area contributed by atoms with Crippen molar-refractivity contribution in [2.24, 2.45) is 0 Å². The minimum absolute atomic E-state index is 0.102. The van der Waals surface area contributed by atoms with Crippen LogP contribution >= 0.6 is 7.60 Å². The summed E-state index contributed by atoms with van der Waals surface area (Å²) in [5.41, 5.74) is 2.37. The van der Waals surface area contributed by atoms with Crippen LogP contribution in [0.2, 0.25) is 0 Å². The van der Waals surface area contributed by atoms with E-state index in [0.717, 1.165) is 36.8 Å². The van der Waals surface area contributed by atoms with Crippen LogP contribution in [0.1, 0.15) is 278 Å². The predicted molar refractivity (Wildman–Crippen MR) is 248 cm³/mol. The Kier molecular flexibility index (Phi) is 31.3. The molecule has 1 aromatic rings. The van der Waals surface area contributed by atoms with Crippen molar-refractivity contribution in [2.75, 3.05) is 13.2 Å². The van der Waals surface area contributed by atoms with Crippen LogP contribution in [0.5, 0.6) is 5.75 Å². The van der Waals surface area contributed by atoms with Gasteiger partial charge in [0.1, 0.15) is 5.75 Å². The summed E-state index contributed by atoms with van der Waals surface area (Å²) in [5, 5.41) is 11.5. The molecular weight excluding hydrogens is 708 g/mol. The lowest BCUT2D eigenvalue weighted by atomic mass is 9.79. The van der Waals surface area contributed by atoms with Gasteiger partial charge < -0.3 is 14.2 Å². The third kappa shape index (κ3) is 27.8. The molecule has 0 bridgehead atoms. The first-order chi connectivity index (χ1) is 26.8. The second-order valence-electron chi connectivity index (χ2n) is 19.6. The maximum atomic E-state index is 14.4. The second-order valence-corrected chi connectivity index (χ2v) is 21.6. The van der Waals surface area contributed by atoms with Crippen LogP contribution in [0.15, 0.2) is 12.1 Å². The maximum absolute atomic E-state index is 14.4. The first kappa shape index (κ1) is 53.2. The zero-order valence-corrected chi connectivity index (χ0v) is 39.9. The number of phenolic OH excluding ortho intramolecular Hbond substituents is 1. The minimum Gasteiger partial charge on any atom is -0.507 e. The normalized spacial score (nSPS) is 12.6. The molecule has 0 unspecified atom stereocenters. The molecule has 5 heteroatoms. The Balaban J connectivity index is 2.50. The Bertz CT molecular complexity index is 1060. The Morgan fingerprint density at radius 3 is 1.00 bits per heavy atom. The summed E-state index contributed by atoms with van der Waals surface area (Å²) in [6.07, 6.45) is 42.4. The molecule has 0 aromatic heterocycles. The molecule has 0 amide bonds. The first-order valence-electron chi connectivity index (χ1n) is 24.6. The molecule has 1 N–H and O–H groups in total. The number of hydrogen-bond acceptors (Lipinski definition) is 4. The summed E-state index contributed by atoms with van der Waals surface area (Å²) in [7, 11) is -3.45. The molecule has 0 spiro atoms. The molecule has 0 aliphatic carbocycles. The molecule has 0 radical (unpaired) electrons. The van der Waals surface area contributed by atoms with Crippen molar-refractivity contribution in [3.8, 4) is 5.75 Å². The van der Waals surface area contributed by atoms with Crippen LogP contribution in [-0.4, -0.2) is 18.3 Å². The largest absolute Gasteiger partial charge is 0.507 e. The van der Waals surface area contributed by atoms with Gasteiger partial charge in [0.2, 0.25) is 0 Å². The summed E-state index contributed by atoms with van der Waals surface area (Å²) in [6, 6.07) is 4.16. The van der Waals surface area contributed by atoms with E-state index in [-0.39, 0.29) is 22.7 Å². The van der Waals surface area contributed by atoms with Crippen LogP contribution < -0.4 is 0 Å². The summed E-state index contributed by atoms with van der Waals surface area (Å²) >= 11 is 0. The average molecular weight is 805 g/mol. The van der Waals surface area contributed by atoms with Gasteiger partial charge in [-0.25, -0.2) is 0 Å². The van der Waals surface area contributed by atoms with Crippen LogP contribution in [0.4, 0.5) is 0 Å². The van der Waals surface area contributed by atoms with E-state index in [1.54, 1.807) is 0 Å². The lowest BCUT2D eigenvalue weighted by Gasteiger charge is -2.28. The smallest absolute Gasteiger partial charge is 0.335 e. The van der Waals surface area contributed by atoms with Crippen LogP contribution in [-0.2, 0) is 30.6 Å². The minimum atomic E-state index is -3.45. The number of phenols is 1. The van der Waals surface area contributed by atoms with E-state index in [9.17, 15) is 9.67 Å². The second kappa shape index (κ2) is 33.0. The number of aromatic hydroxyl groups is 1. The van der Waals surface area contributed by atoms with Crippen molar-refractivity contribution < 1.29 is 18.7 Å². The van der Waals surface area contributed by atoms with E-state index in [0.29, 0.717) is 18.8 Å². The quantitative estimate of drug-likeness (QED) is 0.0534. The van der Waals surface area contributed by atoms with E-state index in [2.05, 4.69) is 61.5 Å². The zero-order chi connectivity index (χ0) is 41.4. The number of rotatable bonds is 38. The highest BCUT2D eigenvalue weighted by Gasteiger charge is 2.31. The van der Waals surface area contributed by atoms with Crippen LogP contribution in [0.25, 0.3) is 0 Å². The molecule has 0 atom stereocenters. The van der Waals surface area contributed by atoms with Gasteiger partial charge in [-0.1, -0.05) is 260 Å². The molecule has 0 fully saturated rings. The monoisotopic (exact) mass is 805 g/mol. The van der Waals surface area contributed by atoms with Crippen LogP contribution in [0, 0.1) is 0 Å². The molecule has 1 aromatic carbocycles. The topological polar surface area (TPSA) is 55.8 Å². The molecule has 1 rings (SSSR count). The van der Waals surface area contributed by atoms with Crippen molar-refractivity contribution in [3.05, 3.63) is 28.8 Å². The van der Waals surface area contributed by atoms with E-state index in [1.165, 1.54) is 180 Å². The highest BCUT2D eigenvalue weighted by Crippen LogP contribution is 2.54. The zero-order valence-electron chi connectivity index (χ0n) is 39.0. The fourth-order valence-corrected chi connectivity index (χ4v) is 9.59. The van der Waals surface area contributed by atoms with Crippen LogP contribution in [0.3, 0.4) is 0 Å². The van der Waals surface area contributed by atoms with Gasteiger partial charge in [-0.2, -0.15) is 0 Å². The van der Waals surface area contributed by atoms with Gasteiger partial charge in [-0.15, -0.1) is 0 Å². The van der Waals surface area contributed by atoms with Gasteiger partial charge >= 0.3 is 7.60 Å². The summed E-state index contributed by atoms with van der Waals surface area (Å²) in [4.78, 5) is 0. The van der Waals surface area contributed by atoms with E-state index < -0.39 is 7.60 Å². The predicted octanol–water partition coefficient (Wildman–Crippen LogP) is 18.2. The lowest BCUT2D eigenvalue weighted by Crippen LogP contribution is -2.17. The number of hydrogen-bond donors (Lipinski definition) is 1. The third-order valence-corrected chi connectivity index (χ3v) is 13.7. The summed E-state index contributed by atoms with van der Waals surface area (Å²) < 4.78 is 26.8. The molecule has 0 aliphatic heterocycles. The molecule has 0 saturated carbocycles. The number of unbranched alkanes of at least 4 members (excludes halogenated alkanes) is 30. The van der Waals surface area contributed by atoms with Crippen molar-refractivity contribution >= 4 is 7.60 Å². The Hall–Kier alpha value is -0.830. The Labute approximate surface area is 350 Å². The van der Waals surface area contributed by atoms with Crippen molar-refractivity contribution in [2.45, 2.75) is 278 Å². The Morgan fingerprint density at radius 2 is 0.732 bits per heavy atom. The first-order valence-corrected chi connectivity index (χ1v) is 26.3. The third-order valence-electron chi connectivity index (χ3n) is 11.8. The van der Waals surface area contributed by atoms with Gasteiger partial charge in [0.05, 0.1) is 19.4 Å². The maximum Gasteiger partial charge on any atom is 0.335 e. The van der Waals surface area contributed by atoms with Gasteiger partial charge in [-0.3, -0.25) is 4.57 Å². The van der Waals surface area contributed by atoms with Gasteiger partial charge in [0.25, 0.3) is 0 Å². The average Bonchev–Trinajstić information content (AvgIpc) is 3.14. The van der Waals surface area contributed by atoms with E-state index >= 15 is 0 Å². The van der Waals surface area contributed by atoms with Crippen molar-refractivity contribution in [1.82, 2.24) is 0 Å². The molecule has 4 nitrogen and oxygen atoms in total. The molecule has 330 valence electrons. The van der Waals surface area contributed by atoms with Gasteiger partial charge in [-0.05, 0) is 34.8 Å². The molecule has 0 saturated heterocycles. The standard InChI is InChI=1S/C51H97O4P/c1-9-11-13-15-17-19-21-23-25-27-29-31-33-35-37-39-41-54-56(53,45-46-43-47(50(3,4)5)44-48(49(46)52)51(6,7)8)55-42-40-38-36-34-32-30-28-26-24-22-20-18-16-14-12-10-2/h43-44,52H,9-42,45H2,1-8H3. The number of benzene rings is 1. The molecule has 56 heavy (non-hydrogen) atoms. The Morgan fingerprint density at radius 1 is 0.446 bits per heavy atom. The lowest BCUT2D eigenvalue weighted by molar-refractivity contribution is 0.196. The van der Waals surface area contributed by atoms with E-state index in [1.807, 2.05) is 6.07 Å². The SMILES string of the molecule is CCCCCCCCCCCCCCCCCCOP(=O)(Cc1cc(C(C)(C)C)cc(C(C)(C)C)c1O)OCCCCCCCCCCCCCCCCCC. The fourth-order valence-electron chi connectivity index (χ4n) is 7.86. The van der Waals surface area contributed by atoms with Crippen molar-refractivity contribution in [3.63, 3.8) is 0 Å². The fraction of sp³-hybridized carbons (Fsp3) is 0.882. The van der Waals surface area contributed by atoms with Crippen molar-refractivity contribution in [1.29, 1.82) is 0 Å². The molecule has 0 aliphatic rings. The molecule has 0 heterocycles. The van der Waals surface area contributed by atoms with Gasteiger partial charge in [0.15, 0.2) is 0 Å². The summed E-state index contributed by atoms with van der Waals surface area (Å²) in [5.74, 6) is 0.239. The highest BCUT2D eigenvalue weighted by molar-refractivity contribution is 7.53.